The summed E-state index contributed by atoms with van der Waals surface area (Å²) in [5.74, 6) is 1.81. The van der Waals surface area contributed by atoms with Gasteiger partial charge in [-0.05, 0) is 30.2 Å². The van der Waals surface area contributed by atoms with Crippen molar-refractivity contribution in [1.29, 1.82) is 0 Å². The van der Waals surface area contributed by atoms with Gasteiger partial charge in [-0.25, -0.2) is 4.98 Å². The Labute approximate surface area is 166 Å². The third kappa shape index (κ3) is 3.70. The van der Waals surface area contributed by atoms with Gasteiger partial charge in [0.1, 0.15) is 11.6 Å². The number of benzene rings is 2. The van der Waals surface area contributed by atoms with Gasteiger partial charge in [0.2, 0.25) is 0 Å². The van der Waals surface area contributed by atoms with Crippen LogP contribution in [0.15, 0.2) is 42.5 Å². The van der Waals surface area contributed by atoms with Gasteiger partial charge in [0.25, 0.3) is 0 Å². The Morgan fingerprint density at radius 1 is 1.11 bits per heavy atom. The highest BCUT2D eigenvalue weighted by atomic mass is 16.5. The molecule has 2 heterocycles. The molecule has 1 aliphatic heterocycles. The maximum Gasteiger partial charge on any atom is 0.142 e. The second-order valence-corrected chi connectivity index (χ2v) is 7.35. The molecule has 1 atom stereocenters. The molecule has 6 heteroatoms. The number of nitrogens with one attached hydrogen (secondary N) is 1. The second-order valence-electron chi connectivity index (χ2n) is 7.35. The number of methoxy groups -OCH3 is 1. The molecule has 3 aromatic rings. The fraction of sp³-hybridized carbons (Fsp3) is 0.409. The Bertz CT molecular complexity index is 930. The van der Waals surface area contributed by atoms with Crippen LogP contribution in [0.4, 0.5) is 5.69 Å². The van der Waals surface area contributed by atoms with Gasteiger partial charge in [-0.2, -0.15) is 0 Å². The summed E-state index contributed by atoms with van der Waals surface area (Å²) in [5.41, 5.74) is 11.1. The van der Waals surface area contributed by atoms with Crippen LogP contribution in [0, 0.1) is 0 Å². The molecule has 1 fully saturated rings. The van der Waals surface area contributed by atoms with E-state index < -0.39 is 0 Å². The zero-order valence-electron chi connectivity index (χ0n) is 16.7. The van der Waals surface area contributed by atoms with Gasteiger partial charge in [0.05, 0.1) is 29.9 Å². The lowest BCUT2D eigenvalue weighted by Gasteiger charge is -2.37. The van der Waals surface area contributed by atoms with Crippen molar-refractivity contribution in [2.24, 2.45) is 5.73 Å². The lowest BCUT2D eigenvalue weighted by molar-refractivity contribution is 0.240. The van der Waals surface area contributed by atoms with Crippen molar-refractivity contribution >= 4 is 16.7 Å². The van der Waals surface area contributed by atoms with E-state index in [1.165, 1.54) is 11.3 Å². The molecule has 1 unspecified atom stereocenters. The van der Waals surface area contributed by atoms with Crippen LogP contribution in [0.5, 0.6) is 5.75 Å². The first kappa shape index (κ1) is 18.8. The van der Waals surface area contributed by atoms with Gasteiger partial charge in [0, 0.05) is 32.7 Å². The summed E-state index contributed by atoms with van der Waals surface area (Å²) >= 11 is 0. The highest BCUT2D eigenvalue weighted by Gasteiger charge is 2.22. The molecular weight excluding hydrogens is 350 g/mol. The maximum atomic E-state index is 6.50. The van der Waals surface area contributed by atoms with Crippen molar-refractivity contribution < 1.29 is 4.74 Å². The smallest absolute Gasteiger partial charge is 0.142 e. The highest BCUT2D eigenvalue weighted by molar-refractivity contribution is 5.78. The van der Waals surface area contributed by atoms with Crippen LogP contribution < -0.4 is 15.4 Å². The topological polar surface area (TPSA) is 70.4 Å². The summed E-state index contributed by atoms with van der Waals surface area (Å²) in [5, 5.41) is 0. The minimum absolute atomic E-state index is 0.116. The molecule has 2 aromatic carbocycles. The number of anilines is 1. The van der Waals surface area contributed by atoms with Gasteiger partial charge in [-0.15, -0.1) is 0 Å². The number of piperazine rings is 1. The van der Waals surface area contributed by atoms with Gasteiger partial charge >= 0.3 is 0 Å². The van der Waals surface area contributed by atoms with Crippen LogP contribution in [-0.2, 0) is 6.42 Å². The average Bonchev–Trinajstić information content (AvgIpc) is 3.19. The van der Waals surface area contributed by atoms with E-state index in [2.05, 4.69) is 52.0 Å². The van der Waals surface area contributed by atoms with E-state index in [9.17, 15) is 0 Å². The van der Waals surface area contributed by atoms with Crippen LogP contribution in [0.25, 0.3) is 11.0 Å². The van der Waals surface area contributed by atoms with E-state index in [0.717, 1.165) is 61.8 Å². The minimum Gasteiger partial charge on any atom is -0.495 e. The first-order valence-electron chi connectivity index (χ1n) is 10.0. The number of ether oxygens (including phenoxy) is 1. The van der Waals surface area contributed by atoms with Crippen molar-refractivity contribution in [2.45, 2.75) is 19.4 Å². The number of H-pyrrole nitrogens is 1. The molecule has 0 radical (unpaired) electrons. The minimum atomic E-state index is -0.116. The number of aromatic amines is 1. The SMILES string of the molecule is CCc1cccc2[nH]c(C(N)CN3CCN(c4ccccc4OC)CC3)nc12. The van der Waals surface area contributed by atoms with Crippen LogP contribution in [0.2, 0.25) is 0 Å². The lowest BCUT2D eigenvalue weighted by Crippen LogP contribution is -2.48. The number of rotatable bonds is 6. The zero-order valence-corrected chi connectivity index (χ0v) is 16.7. The summed E-state index contributed by atoms with van der Waals surface area (Å²) in [6, 6.07) is 14.4. The predicted molar refractivity (Wildman–Crippen MR) is 114 cm³/mol. The summed E-state index contributed by atoms with van der Waals surface area (Å²) in [4.78, 5) is 13.0. The molecule has 0 bridgehead atoms. The maximum absolute atomic E-state index is 6.50. The van der Waals surface area contributed by atoms with E-state index in [-0.39, 0.29) is 6.04 Å². The van der Waals surface area contributed by atoms with Crippen LogP contribution in [-0.4, -0.2) is 54.7 Å². The summed E-state index contributed by atoms with van der Waals surface area (Å²) in [6.07, 6.45) is 0.974. The fourth-order valence-electron chi connectivity index (χ4n) is 4.00. The molecule has 1 aliphatic rings. The molecule has 0 aliphatic carbocycles. The number of para-hydroxylation sites is 3. The Balaban J connectivity index is 1.39. The molecule has 0 saturated carbocycles. The van der Waals surface area contributed by atoms with Crippen molar-refractivity contribution in [2.75, 3.05) is 44.7 Å². The van der Waals surface area contributed by atoms with Crippen molar-refractivity contribution in [3.05, 3.63) is 53.9 Å². The average molecular weight is 380 g/mol. The van der Waals surface area contributed by atoms with Gasteiger partial charge < -0.3 is 20.4 Å². The number of nitrogens with two attached hydrogens (primary N) is 1. The van der Waals surface area contributed by atoms with Crippen molar-refractivity contribution in [3.8, 4) is 5.75 Å². The monoisotopic (exact) mass is 379 g/mol. The number of aryl methyl sites for hydroxylation is 1. The third-order valence-corrected chi connectivity index (χ3v) is 5.60. The third-order valence-electron chi connectivity index (χ3n) is 5.60. The summed E-state index contributed by atoms with van der Waals surface area (Å²) < 4.78 is 5.51. The number of imidazole rings is 1. The molecule has 28 heavy (non-hydrogen) atoms. The Morgan fingerprint density at radius 3 is 2.64 bits per heavy atom. The molecule has 0 spiro atoms. The zero-order chi connectivity index (χ0) is 19.5. The van der Waals surface area contributed by atoms with E-state index in [1.54, 1.807) is 7.11 Å². The number of hydrogen-bond acceptors (Lipinski definition) is 5. The van der Waals surface area contributed by atoms with E-state index in [0.29, 0.717) is 0 Å². The quantitative estimate of drug-likeness (QED) is 0.689. The van der Waals surface area contributed by atoms with Crippen molar-refractivity contribution in [1.82, 2.24) is 14.9 Å². The van der Waals surface area contributed by atoms with Gasteiger partial charge in [0.15, 0.2) is 0 Å². The fourth-order valence-corrected chi connectivity index (χ4v) is 4.00. The van der Waals surface area contributed by atoms with Crippen LogP contribution >= 0.6 is 0 Å². The molecule has 1 aromatic heterocycles. The van der Waals surface area contributed by atoms with Crippen LogP contribution in [0.3, 0.4) is 0 Å². The molecule has 0 amide bonds. The van der Waals surface area contributed by atoms with E-state index in [4.69, 9.17) is 15.5 Å². The molecular formula is C22H29N5O. The Morgan fingerprint density at radius 2 is 1.89 bits per heavy atom. The van der Waals surface area contributed by atoms with Crippen molar-refractivity contribution in [3.63, 3.8) is 0 Å². The largest absolute Gasteiger partial charge is 0.495 e. The number of nitrogens with zero attached hydrogens (tertiary/aromatic N) is 3. The van der Waals surface area contributed by atoms with E-state index in [1.807, 2.05) is 12.1 Å². The molecule has 6 nitrogen and oxygen atoms in total. The number of fused-ring (bicyclic) bond motifs is 1. The molecule has 3 N–H and O–H groups in total. The normalized spacial score (nSPS) is 16.5. The molecule has 4 rings (SSSR count). The lowest BCUT2D eigenvalue weighted by atomic mass is 10.1. The van der Waals surface area contributed by atoms with Gasteiger partial charge in [-0.1, -0.05) is 31.2 Å². The standard InChI is InChI=1S/C22H29N5O/c1-3-16-7-6-8-18-21(16)25-22(24-18)17(23)15-26-11-13-27(14-12-26)19-9-4-5-10-20(19)28-2/h4-10,17H,3,11-15,23H2,1-2H3,(H,24,25). The molecule has 1 saturated heterocycles. The Hall–Kier alpha value is -2.57. The number of aromatic nitrogens is 2. The number of hydrogen-bond donors (Lipinski definition) is 2. The molecule has 148 valence electrons. The first-order valence-corrected chi connectivity index (χ1v) is 10.0. The second kappa shape index (κ2) is 8.20. The summed E-state index contributed by atoms with van der Waals surface area (Å²) in [7, 11) is 1.73. The predicted octanol–water partition coefficient (Wildman–Crippen LogP) is 2.96. The van der Waals surface area contributed by atoms with Gasteiger partial charge in [-0.3, -0.25) is 4.90 Å². The van der Waals surface area contributed by atoms with E-state index >= 15 is 0 Å². The summed E-state index contributed by atoms with van der Waals surface area (Å²) in [6.45, 7) is 6.85. The van der Waals surface area contributed by atoms with Crippen LogP contribution in [0.1, 0.15) is 24.4 Å². The first-order chi connectivity index (χ1) is 13.7. The Kier molecular flexibility index (Phi) is 5.50. The highest BCUT2D eigenvalue weighted by Crippen LogP contribution is 2.28.